The first-order valence-corrected chi connectivity index (χ1v) is 10.5. The minimum atomic E-state index is -1.25. The number of ether oxygens (including phenoxy) is 2. The number of hydrogen-bond acceptors (Lipinski definition) is 8. The van der Waals surface area contributed by atoms with Crippen molar-refractivity contribution >= 4 is 46.7 Å². The molecule has 1 N–H and O–H groups in total. The molecule has 1 aliphatic rings. The minimum absolute atomic E-state index is 0.00772. The summed E-state index contributed by atoms with van der Waals surface area (Å²) >= 11 is 5.96. The van der Waals surface area contributed by atoms with Gasteiger partial charge in [-0.05, 0) is 37.6 Å². The second kappa shape index (κ2) is 10.4. The van der Waals surface area contributed by atoms with Crippen molar-refractivity contribution in [2.45, 2.75) is 19.4 Å². The number of fused-ring (bicyclic) bond motifs is 1. The predicted octanol–water partition coefficient (Wildman–Crippen LogP) is 3.06. The molecule has 178 valence electrons. The summed E-state index contributed by atoms with van der Waals surface area (Å²) in [7, 11) is 1.52. The molecule has 1 aliphatic heterocycles. The number of rotatable bonds is 9. The number of benzene rings is 2. The number of nitro groups is 1. The first kappa shape index (κ1) is 24.8. The van der Waals surface area contributed by atoms with Gasteiger partial charge >= 0.3 is 5.97 Å². The van der Waals surface area contributed by atoms with E-state index >= 15 is 0 Å². The summed E-state index contributed by atoms with van der Waals surface area (Å²) < 4.78 is 10.1. The van der Waals surface area contributed by atoms with Crippen molar-refractivity contribution in [1.82, 2.24) is 4.90 Å². The van der Waals surface area contributed by atoms with Crippen molar-refractivity contribution < 1.29 is 33.6 Å². The van der Waals surface area contributed by atoms with Gasteiger partial charge in [-0.1, -0.05) is 11.6 Å². The molecule has 3 rings (SSSR count). The maximum absolute atomic E-state index is 12.6. The molecular weight excluding hydrogens is 470 g/mol. The topological polar surface area (TPSA) is 145 Å². The van der Waals surface area contributed by atoms with Crippen LogP contribution in [0.3, 0.4) is 0 Å². The predicted molar refractivity (Wildman–Crippen MR) is 120 cm³/mol. The van der Waals surface area contributed by atoms with Crippen molar-refractivity contribution in [2.75, 3.05) is 25.6 Å². The van der Waals surface area contributed by atoms with Crippen LogP contribution in [-0.4, -0.2) is 59.9 Å². The Morgan fingerprint density at radius 2 is 1.85 bits per heavy atom. The lowest BCUT2D eigenvalue weighted by Gasteiger charge is -2.14. The molecule has 0 aromatic heterocycles. The number of carbonyl (C=O) groups excluding carboxylic acids is 4. The zero-order valence-electron chi connectivity index (χ0n) is 18.2. The molecule has 0 saturated carbocycles. The first-order valence-electron chi connectivity index (χ1n) is 10.1. The highest BCUT2D eigenvalue weighted by atomic mass is 35.5. The van der Waals surface area contributed by atoms with Gasteiger partial charge in [-0.3, -0.25) is 29.4 Å². The van der Waals surface area contributed by atoms with Crippen molar-refractivity contribution in [3.8, 4) is 0 Å². The zero-order valence-corrected chi connectivity index (χ0v) is 19.0. The molecule has 2 aromatic rings. The molecule has 0 aliphatic carbocycles. The quantitative estimate of drug-likeness (QED) is 0.186. The van der Waals surface area contributed by atoms with Crippen molar-refractivity contribution in [1.29, 1.82) is 0 Å². The molecule has 0 bridgehead atoms. The molecule has 11 nitrogen and oxygen atoms in total. The Morgan fingerprint density at radius 1 is 1.15 bits per heavy atom. The fraction of sp³-hybridized carbons (Fsp3) is 0.273. The van der Waals surface area contributed by atoms with Gasteiger partial charge in [0.2, 0.25) is 0 Å². The molecule has 1 atom stereocenters. The van der Waals surface area contributed by atoms with E-state index in [4.69, 9.17) is 21.1 Å². The standard InChI is InChI=1S/C22H20ClN3O8/c1-12(19(27)24-18-7-5-14(26(31)32)11-17(18)23)34-22(30)13-4-6-15-16(10-13)21(29)25(20(15)28)8-3-9-33-2/h4-7,10-12H,3,8-9H2,1-2H3,(H,24,27). The fourth-order valence-corrected chi connectivity index (χ4v) is 3.45. The highest BCUT2D eigenvalue weighted by Crippen LogP contribution is 2.27. The lowest BCUT2D eigenvalue weighted by molar-refractivity contribution is -0.384. The lowest BCUT2D eigenvalue weighted by Crippen LogP contribution is -2.31. The van der Waals surface area contributed by atoms with Gasteiger partial charge in [0.1, 0.15) is 0 Å². The van der Waals surface area contributed by atoms with Gasteiger partial charge in [-0.2, -0.15) is 0 Å². The Labute approximate surface area is 198 Å². The third-order valence-electron chi connectivity index (χ3n) is 5.01. The van der Waals surface area contributed by atoms with Gasteiger partial charge in [0.25, 0.3) is 23.4 Å². The number of esters is 1. The van der Waals surface area contributed by atoms with Crippen molar-refractivity contribution in [2.24, 2.45) is 0 Å². The second-order valence-corrected chi connectivity index (χ2v) is 7.73. The van der Waals surface area contributed by atoms with Crippen LogP contribution >= 0.6 is 11.6 Å². The molecule has 0 radical (unpaired) electrons. The summed E-state index contributed by atoms with van der Waals surface area (Å²) in [5, 5.41) is 13.2. The van der Waals surface area contributed by atoms with Crippen LogP contribution in [0, 0.1) is 10.1 Å². The lowest BCUT2D eigenvalue weighted by atomic mass is 10.1. The van der Waals surface area contributed by atoms with Gasteiger partial charge in [0, 0.05) is 32.4 Å². The minimum Gasteiger partial charge on any atom is -0.449 e. The smallest absolute Gasteiger partial charge is 0.338 e. The van der Waals surface area contributed by atoms with Crippen LogP contribution in [0.15, 0.2) is 36.4 Å². The van der Waals surface area contributed by atoms with Crippen molar-refractivity contribution in [3.63, 3.8) is 0 Å². The Morgan fingerprint density at radius 3 is 2.50 bits per heavy atom. The summed E-state index contributed by atoms with van der Waals surface area (Å²) in [6.07, 6.45) is -0.780. The van der Waals surface area contributed by atoms with E-state index in [1.807, 2.05) is 0 Å². The number of imide groups is 1. The molecule has 3 amide bonds. The third kappa shape index (κ3) is 5.21. The summed E-state index contributed by atoms with van der Waals surface area (Å²) in [5.74, 6) is -2.58. The first-order chi connectivity index (χ1) is 16.1. The summed E-state index contributed by atoms with van der Waals surface area (Å²) in [4.78, 5) is 61.3. The summed E-state index contributed by atoms with van der Waals surface area (Å²) in [6.45, 7) is 1.89. The molecule has 0 saturated heterocycles. The van der Waals surface area contributed by atoms with Crippen LogP contribution in [0.2, 0.25) is 5.02 Å². The molecule has 1 unspecified atom stereocenters. The normalized spacial score (nSPS) is 13.4. The van der Waals surface area contributed by atoms with Gasteiger partial charge in [-0.15, -0.1) is 0 Å². The fourth-order valence-electron chi connectivity index (χ4n) is 3.22. The number of non-ortho nitro benzene ring substituents is 1. The second-order valence-electron chi connectivity index (χ2n) is 7.33. The van der Waals surface area contributed by atoms with Crippen molar-refractivity contribution in [3.05, 3.63) is 68.2 Å². The number of methoxy groups -OCH3 is 1. The average Bonchev–Trinajstić information content (AvgIpc) is 3.04. The third-order valence-corrected chi connectivity index (χ3v) is 5.32. The zero-order chi connectivity index (χ0) is 25.0. The van der Waals surface area contributed by atoms with E-state index < -0.39 is 34.7 Å². The number of hydrogen-bond donors (Lipinski definition) is 1. The van der Waals surface area contributed by atoms with Crippen LogP contribution in [0.25, 0.3) is 0 Å². The largest absolute Gasteiger partial charge is 0.449 e. The number of nitrogens with zero attached hydrogens (tertiary/aromatic N) is 2. The Bertz CT molecular complexity index is 1180. The summed E-state index contributed by atoms with van der Waals surface area (Å²) in [6, 6.07) is 7.46. The van der Waals surface area contributed by atoms with Crippen LogP contribution in [0.5, 0.6) is 0 Å². The van der Waals surface area contributed by atoms with Gasteiger partial charge < -0.3 is 14.8 Å². The Hall–Kier alpha value is -3.83. The maximum atomic E-state index is 12.6. The van der Waals surface area contributed by atoms with Crippen LogP contribution in [0.4, 0.5) is 11.4 Å². The Balaban J connectivity index is 1.66. The Kier molecular flexibility index (Phi) is 7.59. The molecule has 34 heavy (non-hydrogen) atoms. The van der Waals surface area contributed by atoms with Crippen LogP contribution in [0.1, 0.15) is 44.4 Å². The monoisotopic (exact) mass is 489 g/mol. The van der Waals surface area contributed by atoms with Crippen LogP contribution < -0.4 is 5.32 Å². The van der Waals surface area contributed by atoms with E-state index in [0.29, 0.717) is 13.0 Å². The summed E-state index contributed by atoms with van der Waals surface area (Å²) in [5.41, 5.74) is 0.107. The molecular formula is C22H20ClN3O8. The molecule has 0 fully saturated rings. The molecule has 2 aromatic carbocycles. The van der Waals surface area contributed by atoms with E-state index in [1.165, 1.54) is 44.4 Å². The van der Waals surface area contributed by atoms with Gasteiger partial charge in [0.05, 0.1) is 32.3 Å². The number of nitrogens with one attached hydrogen (secondary N) is 1. The average molecular weight is 490 g/mol. The number of halogens is 1. The van der Waals surface area contributed by atoms with Crippen LogP contribution in [-0.2, 0) is 14.3 Å². The number of amides is 3. The van der Waals surface area contributed by atoms with E-state index in [9.17, 15) is 29.3 Å². The maximum Gasteiger partial charge on any atom is 0.338 e. The molecule has 0 spiro atoms. The number of carbonyl (C=O) groups is 4. The molecule has 12 heteroatoms. The van der Waals surface area contributed by atoms with E-state index in [1.54, 1.807) is 0 Å². The highest BCUT2D eigenvalue weighted by molar-refractivity contribution is 6.34. The number of anilines is 1. The van der Waals surface area contributed by atoms with Gasteiger partial charge in [0.15, 0.2) is 6.10 Å². The van der Waals surface area contributed by atoms with E-state index in [-0.39, 0.29) is 39.6 Å². The molecule has 1 heterocycles. The van der Waals surface area contributed by atoms with Gasteiger partial charge in [-0.25, -0.2) is 4.79 Å². The number of nitro benzene ring substituents is 1. The highest BCUT2D eigenvalue weighted by Gasteiger charge is 2.36. The SMILES string of the molecule is COCCCN1C(=O)c2ccc(C(=O)OC(C)C(=O)Nc3ccc([N+](=O)[O-])cc3Cl)cc2C1=O. The van der Waals surface area contributed by atoms with E-state index in [2.05, 4.69) is 5.32 Å². The van der Waals surface area contributed by atoms with E-state index in [0.717, 1.165) is 11.0 Å².